The number of ether oxygens (including phenoxy) is 1. The largest absolute Gasteiger partial charge is 0.377 e. The molecular weight excluding hydrogens is 398 g/mol. The maximum Gasteiger partial charge on any atom is 0.261 e. The molecule has 7 nitrogen and oxygen atoms in total. The highest BCUT2D eigenvalue weighted by Gasteiger charge is 2.18. The van der Waals surface area contributed by atoms with E-state index in [1.807, 2.05) is 13.0 Å². The van der Waals surface area contributed by atoms with Gasteiger partial charge >= 0.3 is 0 Å². The Morgan fingerprint density at radius 2 is 2.20 bits per heavy atom. The van der Waals surface area contributed by atoms with Gasteiger partial charge in [0.2, 0.25) is 5.95 Å². The van der Waals surface area contributed by atoms with Crippen LogP contribution in [-0.4, -0.2) is 41.7 Å². The fraction of sp³-hybridized carbons (Fsp3) is 0.409. The number of carbonyl (C=O) groups excluding carboxylic acids is 1. The first-order valence-electron chi connectivity index (χ1n) is 10.3. The van der Waals surface area contributed by atoms with Gasteiger partial charge in [0.1, 0.15) is 4.83 Å². The molecule has 4 rings (SSSR count). The summed E-state index contributed by atoms with van der Waals surface area (Å²) < 4.78 is 5.68. The first-order chi connectivity index (χ1) is 14.5. The van der Waals surface area contributed by atoms with E-state index in [-0.39, 0.29) is 11.9 Å². The average molecular weight is 426 g/mol. The third kappa shape index (κ3) is 4.45. The lowest BCUT2D eigenvalue weighted by Gasteiger charge is -2.13. The summed E-state index contributed by atoms with van der Waals surface area (Å²) in [5, 5.41) is 7.18. The molecule has 1 unspecified atom stereocenters. The predicted molar refractivity (Wildman–Crippen MR) is 121 cm³/mol. The summed E-state index contributed by atoms with van der Waals surface area (Å²) in [6.07, 6.45) is 2.58. The second-order valence-electron chi connectivity index (χ2n) is 7.53. The van der Waals surface area contributed by atoms with E-state index >= 15 is 0 Å². The van der Waals surface area contributed by atoms with Gasteiger partial charge in [0.15, 0.2) is 0 Å². The number of nitrogens with one attached hydrogen (secondary N) is 2. The van der Waals surface area contributed by atoms with Gasteiger partial charge in [-0.05, 0) is 49.9 Å². The molecule has 1 saturated heterocycles. The summed E-state index contributed by atoms with van der Waals surface area (Å²) in [5.74, 6) is 0.108. The highest BCUT2D eigenvalue weighted by atomic mass is 32.1. The van der Waals surface area contributed by atoms with Crippen LogP contribution in [0.3, 0.4) is 0 Å². The number of rotatable bonds is 7. The van der Waals surface area contributed by atoms with Gasteiger partial charge in [0.25, 0.3) is 5.91 Å². The quantitative estimate of drug-likeness (QED) is 0.537. The second kappa shape index (κ2) is 9.07. The van der Waals surface area contributed by atoms with Gasteiger partial charge < -0.3 is 21.1 Å². The van der Waals surface area contributed by atoms with Crippen LogP contribution in [0.5, 0.6) is 0 Å². The van der Waals surface area contributed by atoms with Gasteiger partial charge in [0.05, 0.1) is 16.7 Å². The molecule has 1 aromatic carbocycles. The SMILES string of the molecule is CCNC(=O)c1cc2c(-c3cc(CNCC4CCCO4)ccc3C)nc(N)nc2s1. The van der Waals surface area contributed by atoms with E-state index in [2.05, 4.69) is 45.7 Å². The summed E-state index contributed by atoms with van der Waals surface area (Å²) in [6.45, 7) is 7.01. The van der Waals surface area contributed by atoms with E-state index in [0.717, 1.165) is 65.1 Å². The Kier molecular flexibility index (Phi) is 6.26. The molecule has 30 heavy (non-hydrogen) atoms. The van der Waals surface area contributed by atoms with Gasteiger partial charge in [-0.1, -0.05) is 12.1 Å². The van der Waals surface area contributed by atoms with Crippen LogP contribution in [0.25, 0.3) is 21.5 Å². The molecule has 2 aromatic heterocycles. The van der Waals surface area contributed by atoms with Gasteiger partial charge in [-0.2, -0.15) is 0 Å². The molecule has 158 valence electrons. The minimum atomic E-state index is -0.103. The number of hydrogen-bond acceptors (Lipinski definition) is 7. The van der Waals surface area contributed by atoms with E-state index in [4.69, 9.17) is 10.5 Å². The molecule has 1 atom stereocenters. The third-order valence-corrected chi connectivity index (χ3v) is 6.28. The number of aromatic nitrogens is 2. The molecule has 3 aromatic rings. The van der Waals surface area contributed by atoms with Crippen molar-refractivity contribution in [3.05, 3.63) is 40.3 Å². The standard InChI is InChI=1S/C22H27N5O2S/c1-3-25-20(28)18-10-17-19(26-22(23)27-21(17)30-18)16-9-14(7-6-13(16)2)11-24-12-15-5-4-8-29-15/h6-7,9-10,15,24H,3-5,8,11-12H2,1-2H3,(H,25,28)(H2,23,26,27). The summed E-state index contributed by atoms with van der Waals surface area (Å²) in [6, 6.07) is 8.22. The Morgan fingerprint density at radius 1 is 1.33 bits per heavy atom. The van der Waals surface area contributed by atoms with Crippen molar-refractivity contribution in [2.45, 2.75) is 39.3 Å². The molecule has 0 aliphatic carbocycles. The summed E-state index contributed by atoms with van der Waals surface area (Å²) in [4.78, 5) is 22.5. The highest BCUT2D eigenvalue weighted by molar-refractivity contribution is 7.20. The number of nitrogens with two attached hydrogens (primary N) is 1. The molecule has 1 aliphatic rings. The molecule has 0 radical (unpaired) electrons. The lowest BCUT2D eigenvalue weighted by atomic mass is 10.00. The van der Waals surface area contributed by atoms with E-state index in [9.17, 15) is 4.79 Å². The highest BCUT2D eigenvalue weighted by Crippen LogP contribution is 2.34. The lowest BCUT2D eigenvalue weighted by molar-refractivity contribution is 0.0960. The van der Waals surface area contributed by atoms with Gasteiger partial charge in [-0.25, -0.2) is 9.97 Å². The first-order valence-corrected chi connectivity index (χ1v) is 11.1. The third-order valence-electron chi connectivity index (χ3n) is 5.25. The van der Waals surface area contributed by atoms with Gasteiger partial charge in [-0.15, -0.1) is 11.3 Å². The van der Waals surface area contributed by atoms with E-state index in [1.165, 1.54) is 11.3 Å². The smallest absolute Gasteiger partial charge is 0.261 e. The van der Waals surface area contributed by atoms with Crippen molar-refractivity contribution in [2.24, 2.45) is 0 Å². The summed E-state index contributed by atoms with van der Waals surface area (Å²) in [5.41, 5.74) is 10.0. The Bertz CT molecular complexity index is 1060. The van der Waals surface area contributed by atoms with Crippen LogP contribution in [0, 0.1) is 6.92 Å². The fourth-order valence-corrected chi connectivity index (χ4v) is 4.67. The topological polar surface area (TPSA) is 102 Å². The van der Waals surface area contributed by atoms with Crippen molar-refractivity contribution >= 4 is 33.4 Å². The number of thiophene rings is 1. The van der Waals surface area contributed by atoms with Gasteiger partial charge in [0, 0.05) is 37.2 Å². The number of aryl methyl sites for hydroxylation is 1. The van der Waals surface area contributed by atoms with E-state index in [0.29, 0.717) is 17.5 Å². The molecule has 8 heteroatoms. The first kappa shape index (κ1) is 20.7. The van der Waals surface area contributed by atoms with Crippen molar-refractivity contribution < 1.29 is 9.53 Å². The van der Waals surface area contributed by atoms with Crippen molar-refractivity contribution in [1.29, 1.82) is 0 Å². The zero-order chi connectivity index (χ0) is 21.1. The number of nitrogens with zero attached hydrogens (tertiary/aromatic N) is 2. The normalized spacial score (nSPS) is 16.3. The predicted octanol–water partition coefficient (Wildman–Crippen LogP) is 3.27. The molecule has 1 fully saturated rings. The zero-order valence-electron chi connectivity index (χ0n) is 17.3. The van der Waals surface area contributed by atoms with E-state index in [1.54, 1.807) is 0 Å². The maximum atomic E-state index is 12.3. The molecule has 1 aliphatic heterocycles. The van der Waals surface area contributed by atoms with Crippen molar-refractivity contribution in [3.63, 3.8) is 0 Å². The Labute approximate surface area is 180 Å². The Balaban J connectivity index is 1.64. The average Bonchev–Trinajstić information content (AvgIpc) is 3.38. The zero-order valence-corrected chi connectivity index (χ0v) is 18.1. The van der Waals surface area contributed by atoms with E-state index < -0.39 is 0 Å². The number of anilines is 1. The van der Waals surface area contributed by atoms with Crippen molar-refractivity contribution in [2.75, 3.05) is 25.4 Å². The minimum absolute atomic E-state index is 0.103. The van der Waals surface area contributed by atoms with Crippen LogP contribution in [0.4, 0.5) is 5.95 Å². The Morgan fingerprint density at radius 3 is 2.97 bits per heavy atom. The monoisotopic (exact) mass is 425 g/mol. The summed E-state index contributed by atoms with van der Waals surface area (Å²) >= 11 is 1.34. The van der Waals surface area contributed by atoms with Crippen LogP contribution < -0.4 is 16.4 Å². The molecule has 3 heterocycles. The lowest BCUT2D eigenvalue weighted by Crippen LogP contribution is -2.25. The van der Waals surface area contributed by atoms with Crippen LogP contribution in [-0.2, 0) is 11.3 Å². The number of nitrogen functional groups attached to an aromatic ring is 1. The molecular formula is C22H27N5O2S. The van der Waals surface area contributed by atoms with Crippen LogP contribution in [0.2, 0.25) is 0 Å². The molecule has 1 amide bonds. The summed E-state index contributed by atoms with van der Waals surface area (Å²) in [7, 11) is 0. The number of fused-ring (bicyclic) bond motifs is 1. The van der Waals surface area contributed by atoms with Crippen molar-refractivity contribution in [1.82, 2.24) is 20.6 Å². The molecule has 4 N–H and O–H groups in total. The van der Waals surface area contributed by atoms with Gasteiger partial charge in [-0.3, -0.25) is 4.79 Å². The number of amides is 1. The van der Waals surface area contributed by atoms with Crippen LogP contribution in [0.1, 0.15) is 40.6 Å². The maximum absolute atomic E-state index is 12.3. The molecule has 0 bridgehead atoms. The molecule has 0 spiro atoms. The van der Waals surface area contributed by atoms with Crippen molar-refractivity contribution in [3.8, 4) is 11.3 Å². The fourth-order valence-electron chi connectivity index (χ4n) is 3.72. The second-order valence-corrected chi connectivity index (χ2v) is 8.57. The Hall–Kier alpha value is -2.55. The number of hydrogen-bond donors (Lipinski definition) is 3. The number of carbonyl (C=O) groups is 1. The van der Waals surface area contributed by atoms with Crippen LogP contribution in [0.15, 0.2) is 24.3 Å². The number of benzene rings is 1. The molecule has 0 saturated carbocycles. The van der Waals surface area contributed by atoms with Crippen LogP contribution >= 0.6 is 11.3 Å². The minimum Gasteiger partial charge on any atom is -0.377 e.